The second kappa shape index (κ2) is 8.02. The Morgan fingerprint density at radius 1 is 1.15 bits per heavy atom. The number of guanidine groups is 1. The van der Waals surface area contributed by atoms with E-state index in [1.54, 1.807) is 31.3 Å². The van der Waals surface area contributed by atoms with E-state index in [-0.39, 0.29) is 29.9 Å². The van der Waals surface area contributed by atoms with E-state index in [1.807, 2.05) is 37.3 Å². The third-order valence-corrected chi connectivity index (χ3v) is 6.42. The lowest BCUT2D eigenvalue weighted by atomic mass is 9.76. The lowest BCUT2D eigenvalue weighted by Crippen LogP contribution is -2.52. The van der Waals surface area contributed by atoms with Gasteiger partial charge in [-0.15, -0.1) is 0 Å². The van der Waals surface area contributed by atoms with Crippen molar-refractivity contribution in [1.29, 1.82) is 0 Å². The maximum Gasteiger partial charge on any atom is 0.261 e. The van der Waals surface area contributed by atoms with Crippen LogP contribution in [0.1, 0.15) is 18.9 Å². The van der Waals surface area contributed by atoms with Gasteiger partial charge in [-0.1, -0.05) is 35.9 Å². The minimum atomic E-state index is -1.28. The van der Waals surface area contributed by atoms with Crippen molar-refractivity contribution in [1.82, 2.24) is 4.90 Å². The number of carbonyl (C=O) groups is 1. The third kappa shape index (κ3) is 3.76. The van der Waals surface area contributed by atoms with E-state index in [2.05, 4.69) is 4.99 Å². The smallest absolute Gasteiger partial charge is 0.261 e. The average molecular weight is 480 g/mol. The minimum absolute atomic E-state index is 0.128. The number of nitrogens with zero attached hydrogens (tertiary/aromatic N) is 2. The Morgan fingerprint density at radius 2 is 1.91 bits per heavy atom. The van der Waals surface area contributed by atoms with E-state index in [1.165, 1.54) is 17.0 Å². The Kier molecular flexibility index (Phi) is 5.24. The maximum absolute atomic E-state index is 14.0. The van der Waals surface area contributed by atoms with Crippen LogP contribution in [0.25, 0.3) is 11.1 Å². The maximum atomic E-state index is 14.0. The van der Waals surface area contributed by atoms with Crippen molar-refractivity contribution < 1.29 is 18.7 Å². The van der Waals surface area contributed by atoms with Crippen LogP contribution in [0.5, 0.6) is 11.5 Å². The van der Waals surface area contributed by atoms with E-state index in [0.29, 0.717) is 28.2 Å². The van der Waals surface area contributed by atoms with E-state index in [4.69, 9.17) is 26.8 Å². The van der Waals surface area contributed by atoms with Crippen LogP contribution in [0.15, 0.2) is 71.7 Å². The van der Waals surface area contributed by atoms with Crippen LogP contribution >= 0.6 is 11.6 Å². The van der Waals surface area contributed by atoms with Gasteiger partial charge in [-0.3, -0.25) is 9.69 Å². The zero-order valence-electron chi connectivity index (χ0n) is 18.7. The van der Waals surface area contributed by atoms with Crippen molar-refractivity contribution >= 4 is 23.5 Å². The highest BCUT2D eigenvalue weighted by molar-refractivity contribution is 6.30. The molecule has 2 aliphatic heterocycles. The average Bonchev–Trinajstić information content (AvgIpc) is 3.01. The van der Waals surface area contributed by atoms with E-state index >= 15 is 0 Å². The molecule has 2 unspecified atom stereocenters. The Balaban J connectivity index is 1.59. The number of aliphatic imine (C=N–C) groups is 1. The molecule has 0 aromatic heterocycles. The Bertz CT molecular complexity index is 1300. The van der Waals surface area contributed by atoms with Crippen molar-refractivity contribution in [2.75, 3.05) is 13.7 Å². The molecule has 2 atom stereocenters. The SMILES string of the molecule is CN1C(=O)C2(CC(C)(COc3ccccc3)Oc3ccc(-c4cc(F)cc(Cl)c4)cc32)N=C1N. The fourth-order valence-electron chi connectivity index (χ4n) is 4.60. The molecule has 2 N–H and O–H groups in total. The number of hydrogen-bond donors (Lipinski definition) is 1. The summed E-state index contributed by atoms with van der Waals surface area (Å²) in [6.45, 7) is 2.09. The van der Waals surface area contributed by atoms with Gasteiger partial charge in [0, 0.05) is 24.1 Å². The number of ether oxygens (including phenoxy) is 2. The molecule has 0 aliphatic carbocycles. The number of carbonyl (C=O) groups excluding carboxylic acids is 1. The molecule has 8 heteroatoms. The largest absolute Gasteiger partial charge is 0.489 e. The Morgan fingerprint density at radius 3 is 2.59 bits per heavy atom. The molecule has 0 saturated carbocycles. The first-order chi connectivity index (χ1) is 16.2. The summed E-state index contributed by atoms with van der Waals surface area (Å²) < 4.78 is 26.4. The molecular formula is C26H23ClFN3O3. The summed E-state index contributed by atoms with van der Waals surface area (Å²) >= 11 is 6.07. The second-order valence-corrected chi connectivity index (χ2v) is 9.33. The quantitative estimate of drug-likeness (QED) is 0.586. The van der Waals surface area contributed by atoms with Crippen LogP contribution in [0, 0.1) is 5.82 Å². The van der Waals surface area contributed by atoms with E-state index < -0.39 is 17.0 Å². The van der Waals surface area contributed by atoms with Crippen LogP contribution in [0.3, 0.4) is 0 Å². The molecule has 0 bridgehead atoms. The molecule has 174 valence electrons. The minimum Gasteiger partial charge on any atom is -0.489 e. The van der Waals surface area contributed by atoms with Crippen LogP contribution in [0.2, 0.25) is 5.02 Å². The molecule has 0 fully saturated rings. The number of rotatable bonds is 4. The molecule has 3 aromatic carbocycles. The summed E-state index contributed by atoms with van der Waals surface area (Å²) in [5.74, 6) is 0.620. The molecule has 2 heterocycles. The van der Waals surface area contributed by atoms with Gasteiger partial charge in [-0.2, -0.15) is 0 Å². The predicted octanol–water partition coefficient (Wildman–Crippen LogP) is 4.75. The van der Waals surface area contributed by atoms with Crippen molar-refractivity contribution in [3.05, 3.63) is 83.1 Å². The number of benzene rings is 3. The van der Waals surface area contributed by atoms with Gasteiger partial charge in [0.1, 0.15) is 29.5 Å². The normalized spacial score (nSPS) is 23.5. The summed E-state index contributed by atoms with van der Waals surface area (Å²) in [7, 11) is 1.60. The monoisotopic (exact) mass is 479 g/mol. The first-order valence-corrected chi connectivity index (χ1v) is 11.2. The van der Waals surface area contributed by atoms with Gasteiger partial charge in [0.2, 0.25) is 0 Å². The van der Waals surface area contributed by atoms with Crippen molar-refractivity contribution in [2.45, 2.75) is 24.5 Å². The molecule has 34 heavy (non-hydrogen) atoms. The number of hydrogen-bond acceptors (Lipinski definition) is 5. The number of amides is 1. The zero-order chi connectivity index (χ0) is 24.1. The van der Waals surface area contributed by atoms with Gasteiger partial charge in [-0.25, -0.2) is 9.38 Å². The zero-order valence-corrected chi connectivity index (χ0v) is 19.5. The van der Waals surface area contributed by atoms with E-state index in [0.717, 1.165) is 0 Å². The number of likely N-dealkylation sites (N-methyl/N-ethyl adjacent to an activating group) is 1. The number of fused-ring (bicyclic) bond motifs is 2. The standard InChI is InChI=1S/C26H23ClFN3O3/c1-25(15-33-20-6-4-3-5-7-20)14-26(23(32)31(2)24(29)30-26)21-12-16(8-9-22(21)34-25)17-10-18(27)13-19(28)11-17/h3-13H,14-15H2,1-2H3,(H2,29,30). The van der Waals surface area contributed by atoms with Gasteiger partial charge in [0.15, 0.2) is 11.5 Å². The summed E-state index contributed by atoms with van der Waals surface area (Å²) in [5.41, 5.74) is 5.78. The first kappa shape index (κ1) is 22.2. The van der Waals surface area contributed by atoms with Gasteiger partial charge in [-0.05, 0) is 60.5 Å². The molecular weight excluding hydrogens is 457 g/mol. The summed E-state index contributed by atoms with van der Waals surface area (Å²) in [6.07, 6.45) is 0.219. The van der Waals surface area contributed by atoms with Gasteiger partial charge >= 0.3 is 0 Å². The van der Waals surface area contributed by atoms with Crippen LogP contribution in [-0.2, 0) is 10.3 Å². The summed E-state index contributed by atoms with van der Waals surface area (Å²) in [5, 5.41) is 0.281. The molecule has 1 spiro atoms. The summed E-state index contributed by atoms with van der Waals surface area (Å²) in [6, 6.07) is 19.1. The highest BCUT2D eigenvalue weighted by atomic mass is 35.5. The molecule has 2 aliphatic rings. The molecule has 6 nitrogen and oxygen atoms in total. The van der Waals surface area contributed by atoms with Crippen molar-refractivity contribution in [2.24, 2.45) is 10.7 Å². The summed E-state index contributed by atoms with van der Waals surface area (Å²) in [4.78, 5) is 19.5. The fraction of sp³-hybridized carbons (Fsp3) is 0.231. The molecule has 3 aromatic rings. The van der Waals surface area contributed by atoms with E-state index in [9.17, 15) is 9.18 Å². The number of para-hydroxylation sites is 1. The molecule has 0 saturated heterocycles. The Labute approximate surface area is 201 Å². The number of nitrogens with two attached hydrogens (primary N) is 1. The van der Waals surface area contributed by atoms with Crippen molar-refractivity contribution in [3.8, 4) is 22.6 Å². The fourth-order valence-corrected chi connectivity index (χ4v) is 4.83. The number of halogens is 2. The highest BCUT2D eigenvalue weighted by Crippen LogP contribution is 2.50. The lowest BCUT2D eigenvalue weighted by molar-refractivity contribution is -0.134. The molecule has 1 amide bonds. The topological polar surface area (TPSA) is 77.2 Å². The first-order valence-electron chi connectivity index (χ1n) is 10.8. The van der Waals surface area contributed by atoms with Crippen LogP contribution in [-0.4, -0.2) is 36.0 Å². The predicted molar refractivity (Wildman–Crippen MR) is 129 cm³/mol. The second-order valence-electron chi connectivity index (χ2n) is 8.89. The van der Waals surface area contributed by atoms with Gasteiger partial charge in [0.05, 0.1) is 0 Å². The molecule has 0 radical (unpaired) electrons. The molecule has 5 rings (SSSR count). The van der Waals surface area contributed by atoms with Crippen LogP contribution < -0.4 is 15.2 Å². The van der Waals surface area contributed by atoms with Crippen LogP contribution in [0.4, 0.5) is 4.39 Å². The highest BCUT2D eigenvalue weighted by Gasteiger charge is 2.57. The van der Waals surface area contributed by atoms with Gasteiger partial charge < -0.3 is 15.2 Å². The Hall–Kier alpha value is -3.58. The van der Waals surface area contributed by atoms with Crippen molar-refractivity contribution in [3.63, 3.8) is 0 Å². The third-order valence-electron chi connectivity index (χ3n) is 6.20. The van der Waals surface area contributed by atoms with Gasteiger partial charge in [0.25, 0.3) is 5.91 Å². The lowest BCUT2D eigenvalue weighted by Gasteiger charge is -2.42.